The lowest BCUT2D eigenvalue weighted by Gasteiger charge is -2.17. The molecule has 0 saturated carbocycles. The van der Waals surface area contributed by atoms with Crippen LogP contribution in [-0.4, -0.2) is 24.2 Å². The van der Waals surface area contributed by atoms with Gasteiger partial charge in [-0.2, -0.15) is 0 Å². The molecule has 2 aromatic rings. The highest BCUT2D eigenvalue weighted by atomic mass is 35.5. The average Bonchev–Trinajstić information content (AvgIpc) is 2.43. The summed E-state index contributed by atoms with van der Waals surface area (Å²) in [6.07, 6.45) is 0. The Hall–Kier alpha value is -1.41. The first-order valence-corrected chi connectivity index (χ1v) is 11.1. The molecule has 1 aromatic heterocycles. The molecule has 0 fully saturated rings. The number of halogens is 1. The maximum Gasteiger partial charge on any atom is 0.264 e. The highest BCUT2D eigenvalue weighted by Gasteiger charge is 2.14. The smallest absolute Gasteiger partial charge is 0.264 e. The van der Waals surface area contributed by atoms with E-state index in [-0.39, 0.29) is 18.2 Å². The summed E-state index contributed by atoms with van der Waals surface area (Å²) >= 11 is 5.93. The number of benzene rings is 1. The van der Waals surface area contributed by atoms with Gasteiger partial charge in [0.05, 0.1) is 10.9 Å². The second kappa shape index (κ2) is 6.78. The quantitative estimate of drug-likeness (QED) is 0.365. The molecule has 6 nitrogen and oxygen atoms in total. The number of hydrazine groups is 1. The Labute approximate surface area is 135 Å². The zero-order valence-corrected chi connectivity index (χ0v) is 14.8. The van der Waals surface area contributed by atoms with Crippen LogP contribution in [0.3, 0.4) is 0 Å². The van der Waals surface area contributed by atoms with E-state index in [1.165, 1.54) is 4.57 Å². The van der Waals surface area contributed by atoms with Crippen LogP contribution in [0.1, 0.15) is 0 Å². The van der Waals surface area contributed by atoms with E-state index >= 15 is 0 Å². The van der Waals surface area contributed by atoms with E-state index in [1.807, 2.05) is 0 Å². The van der Waals surface area contributed by atoms with Gasteiger partial charge in [0.1, 0.15) is 6.73 Å². The summed E-state index contributed by atoms with van der Waals surface area (Å²) in [5.74, 6) is 5.73. The van der Waals surface area contributed by atoms with Gasteiger partial charge in [0, 0.05) is 19.7 Å². The van der Waals surface area contributed by atoms with Gasteiger partial charge in [-0.25, -0.2) is 10.8 Å². The lowest BCUT2D eigenvalue weighted by molar-refractivity contribution is 0.0859. The van der Waals surface area contributed by atoms with Crippen molar-refractivity contribution in [3.05, 3.63) is 33.6 Å². The number of nitrogens with one attached hydrogen (secondary N) is 1. The Kier molecular flexibility index (Phi) is 5.22. The fourth-order valence-electron chi connectivity index (χ4n) is 1.96. The number of fused-ring (bicyclic) bond motifs is 1. The molecule has 3 N–H and O–H groups in total. The summed E-state index contributed by atoms with van der Waals surface area (Å²) in [5, 5.41) is 1.00. The molecule has 0 aliphatic heterocycles. The minimum Gasteiger partial charge on any atom is -0.361 e. The van der Waals surface area contributed by atoms with E-state index in [9.17, 15) is 4.79 Å². The fraction of sp³-hybridized carbons (Fsp3) is 0.429. The summed E-state index contributed by atoms with van der Waals surface area (Å²) < 4.78 is 7.02. The molecule has 0 atom stereocenters. The first-order chi connectivity index (χ1) is 10.3. The first kappa shape index (κ1) is 16.9. The molecular formula is C14H21ClN4O2Si. The van der Waals surface area contributed by atoms with Crippen molar-refractivity contribution in [1.29, 1.82) is 0 Å². The van der Waals surface area contributed by atoms with Crippen molar-refractivity contribution in [1.82, 2.24) is 9.55 Å². The second-order valence-electron chi connectivity index (χ2n) is 6.32. The maximum atomic E-state index is 12.5. The van der Waals surface area contributed by atoms with Crippen molar-refractivity contribution < 1.29 is 4.74 Å². The molecule has 22 heavy (non-hydrogen) atoms. The lowest BCUT2D eigenvalue weighted by atomic mass is 10.2. The topological polar surface area (TPSA) is 82.2 Å². The molecule has 120 valence electrons. The number of anilines is 1. The zero-order valence-electron chi connectivity index (χ0n) is 13.0. The summed E-state index contributed by atoms with van der Waals surface area (Å²) in [6.45, 7) is 7.56. The lowest BCUT2D eigenvalue weighted by Crippen LogP contribution is -2.29. The van der Waals surface area contributed by atoms with Crippen LogP contribution in [-0.2, 0) is 11.5 Å². The fourth-order valence-corrected chi connectivity index (χ4v) is 2.88. The molecule has 2 rings (SSSR count). The van der Waals surface area contributed by atoms with Crippen molar-refractivity contribution in [3.63, 3.8) is 0 Å². The highest BCUT2D eigenvalue weighted by molar-refractivity contribution is 6.76. The van der Waals surface area contributed by atoms with Crippen molar-refractivity contribution in [2.45, 2.75) is 32.4 Å². The molecule has 0 unspecified atom stereocenters. The summed E-state index contributed by atoms with van der Waals surface area (Å²) in [4.78, 5) is 16.8. The van der Waals surface area contributed by atoms with E-state index < -0.39 is 8.07 Å². The molecule has 0 spiro atoms. The Balaban J connectivity index is 2.27. The minimum atomic E-state index is -1.16. The van der Waals surface area contributed by atoms with E-state index in [2.05, 4.69) is 30.1 Å². The maximum absolute atomic E-state index is 12.5. The van der Waals surface area contributed by atoms with Crippen LogP contribution in [0.4, 0.5) is 5.95 Å². The molecule has 0 radical (unpaired) electrons. The largest absolute Gasteiger partial charge is 0.361 e. The predicted molar refractivity (Wildman–Crippen MR) is 92.9 cm³/mol. The number of ether oxygens (including phenoxy) is 1. The van der Waals surface area contributed by atoms with E-state index in [4.69, 9.17) is 22.2 Å². The third kappa shape index (κ3) is 4.07. The summed E-state index contributed by atoms with van der Waals surface area (Å²) in [7, 11) is -1.16. The van der Waals surface area contributed by atoms with Crippen LogP contribution < -0.4 is 16.8 Å². The van der Waals surface area contributed by atoms with Crippen LogP contribution in [0.2, 0.25) is 30.7 Å². The van der Waals surface area contributed by atoms with Crippen molar-refractivity contribution >= 4 is 36.5 Å². The van der Waals surface area contributed by atoms with Gasteiger partial charge < -0.3 is 4.74 Å². The molecule has 1 aromatic carbocycles. The number of hydrogen-bond acceptors (Lipinski definition) is 5. The standard InChI is InChI=1S/C14H21ClN4O2Si/c1-22(2,3)7-6-21-9-19-13(20)11-5-4-10(15)8-12(11)17-14(19)18-16/h4-5,8H,6-7,9,16H2,1-3H3,(H,17,18). The molecule has 0 aliphatic rings. The summed E-state index contributed by atoms with van der Waals surface area (Å²) in [6, 6.07) is 5.99. The molecular weight excluding hydrogens is 320 g/mol. The van der Waals surface area contributed by atoms with E-state index in [0.717, 1.165) is 6.04 Å². The Morgan fingerprint density at radius 1 is 1.41 bits per heavy atom. The molecule has 0 saturated heterocycles. The Morgan fingerprint density at radius 3 is 2.77 bits per heavy atom. The third-order valence-corrected chi connectivity index (χ3v) is 5.20. The Morgan fingerprint density at radius 2 is 2.14 bits per heavy atom. The van der Waals surface area contributed by atoms with E-state index in [0.29, 0.717) is 22.5 Å². The minimum absolute atomic E-state index is 0.119. The second-order valence-corrected chi connectivity index (χ2v) is 12.4. The Bertz CT molecular complexity index is 727. The van der Waals surface area contributed by atoms with Gasteiger partial charge in [-0.05, 0) is 24.2 Å². The van der Waals surface area contributed by atoms with Crippen LogP contribution in [0.25, 0.3) is 10.9 Å². The van der Waals surface area contributed by atoms with Gasteiger partial charge >= 0.3 is 0 Å². The van der Waals surface area contributed by atoms with Crippen molar-refractivity contribution in [2.24, 2.45) is 5.84 Å². The number of rotatable bonds is 6. The SMILES string of the molecule is C[Si](C)(C)CCOCn1c(NN)nc2cc(Cl)ccc2c1=O. The third-order valence-electron chi connectivity index (χ3n) is 3.26. The number of hydrogen-bond donors (Lipinski definition) is 2. The molecule has 8 heteroatoms. The number of nitrogen functional groups attached to an aromatic ring is 1. The predicted octanol–water partition coefficient (Wildman–Crippen LogP) is 2.65. The molecule has 0 aliphatic carbocycles. The summed E-state index contributed by atoms with van der Waals surface area (Å²) in [5.41, 5.74) is 2.74. The van der Waals surface area contributed by atoms with Gasteiger partial charge in [-0.3, -0.25) is 14.8 Å². The average molecular weight is 341 g/mol. The zero-order chi connectivity index (χ0) is 16.3. The van der Waals surface area contributed by atoms with Crippen molar-refractivity contribution in [2.75, 3.05) is 12.0 Å². The molecule has 1 heterocycles. The number of nitrogens with two attached hydrogens (primary N) is 1. The highest BCUT2D eigenvalue weighted by Crippen LogP contribution is 2.17. The van der Waals surface area contributed by atoms with Gasteiger partial charge in [-0.15, -0.1) is 0 Å². The van der Waals surface area contributed by atoms with Gasteiger partial charge in [0.25, 0.3) is 5.56 Å². The first-order valence-electron chi connectivity index (χ1n) is 7.06. The van der Waals surface area contributed by atoms with Gasteiger partial charge in [0.15, 0.2) is 0 Å². The molecule has 0 bridgehead atoms. The van der Waals surface area contributed by atoms with E-state index in [1.54, 1.807) is 18.2 Å². The van der Waals surface area contributed by atoms with Gasteiger partial charge in [-0.1, -0.05) is 31.2 Å². The molecule has 0 amide bonds. The monoisotopic (exact) mass is 340 g/mol. The van der Waals surface area contributed by atoms with Crippen LogP contribution in [0.5, 0.6) is 0 Å². The van der Waals surface area contributed by atoms with Gasteiger partial charge in [0.2, 0.25) is 5.95 Å². The normalized spacial score (nSPS) is 11.9. The van der Waals surface area contributed by atoms with Crippen molar-refractivity contribution in [3.8, 4) is 0 Å². The van der Waals surface area contributed by atoms with Crippen LogP contribution in [0.15, 0.2) is 23.0 Å². The number of nitrogens with zero attached hydrogens (tertiary/aromatic N) is 2. The number of aromatic nitrogens is 2. The van der Waals surface area contributed by atoms with Crippen LogP contribution >= 0.6 is 11.6 Å². The van der Waals surface area contributed by atoms with Crippen LogP contribution in [0, 0.1) is 0 Å².